The molecule has 3 N–H and O–H groups in total. The van der Waals surface area contributed by atoms with Crippen LogP contribution in [0.3, 0.4) is 0 Å². The van der Waals surface area contributed by atoms with E-state index in [1.807, 2.05) is 31.2 Å². The van der Waals surface area contributed by atoms with Crippen molar-refractivity contribution in [2.24, 2.45) is 16.6 Å². The largest absolute Gasteiger partial charge is 0.370 e. The second-order valence-electron chi connectivity index (χ2n) is 6.06. The number of likely N-dealkylation sites (tertiary alicyclic amines) is 1. The number of nitrogens with one attached hydrogen (secondary N) is 1. The van der Waals surface area contributed by atoms with Crippen LogP contribution in [0.4, 0.5) is 0 Å². The maximum atomic E-state index is 12.0. The van der Waals surface area contributed by atoms with Gasteiger partial charge in [-0.25, -0.2) is 0 Å². The molecule has 1 amide bonds. The number of benzene rings is 1. The fraction of sp³-hybridized carbons (Fsp3) is 0.529. The van der Waals surface area contributed by atoms with Gasteiger partial charge in [-0.3, -0.25) is 9.79 Å². The number of guanidine groups is 1. The van der Waals surface area contributed by atoms with Gasteiger partial charge in [-0.15, -0.1) is 24.0 Å². The molecule has 1 aliphatic rings. The molecule has 1 aromatic rings. The topological polar surface area (TPSA) is 70.7 Å². The van der Waals surface area contributed by atoms with Gasteiger partial charge in [-0.05, 0) is 37.8 Å². The monoisotopic (exact) mass is 430 g/mol. The number of nitrogens with zero attached hydrogens (tertiary/aromatic N) is 2. The Morgan fingerprint density at radius 1 is 1.48 bits per heavy atom. The quantitative estimate of drug-likeness (QED) is 0.334. The summed E-state index contributed by atoms with van der Waals surface area (Å²) in [6.45, 7) is 7.17. The van der Waals surface area contributed by atoms with E-state index >= 15 is 0 Å². The summed E-state index contributed by atoms with van der Waals surface area (Å²) in [5.41, 5.74) is 7.78. The normalized spacial score (nSPS) is 18.3. The number of halogens is 1. The van der Waals surface area contributed by atoms with Gasteiger partial charge in [0.15, 0.2) is 5.96 Å². The van der Waals surface area contributed by atoms with E-state index in [9.17, 15) is 4.79 Å². The Hall–Kier alpha value is -1.31. The summed E-state index contributed by atoms with van der Waals surface area (Å²) in [5.74, 6) is 1.20. The van der Waals surface area contributed by atoms with E-state index in [-0.39, 0.29) is 29.9 Å². The predicted octanol–water partition coefficient (Wildman–Crippen LogP) is 2.39. The third-order valence-electron chi connectivity index (χ3n) is 3.93. The summed E-state index contributed by atoms with van der Waals surface area (Å²) in [7, 11) is 0. The number of aliphatic imine (C=N–C) groups is 1. The van der Waals surface area contributed by atoms with Crippen molar-refractivity contribution in [3.05, 3.63) is 35.4 Å². The van der Waals surface area contributed by atoms with Crippen LogP contribution in [0.1, 0.15) is 35.7 Å². The van der Waals surface area contributed by atoms with Crippen LogP contribution in [0.15, 0.2) is 29.3 Å². The fourth-order valence-electron chi connectivity index (χ4n) is 2.73. The molecular weight excluding hydrogens is 403 g/mol. The van der Waals surface area contributed by atoms with Crippen LogP contribution < -0.4 is 11.1 Å². The fourth-order valence-corrected chi connectivity index (χ4v) is 2.73. The summed E-state index contributed by atoms with van der Waals surface area (Å²) in [5, 5.41) is 2.87. The van der Waals surface area contributed by atoms with Crippen LogP contribution in [0.25, 0.3) is 0 Å². The molecule has 0 bridgehead atoms. The van der Waals surface area contributed by atoms with Crippen LogP contribution in [0, 0.1) is 12.8 Å². The van der Waals surface area contributed by atoms with E-state index in [1.165, 1.54) is 12.8 Å². The smallest absolute Gasteiger partial charge is 0.251 e. The molecule has 128 valence electrons. The molecule has 0 spiro atoms. The molecule has 1 fully saturated rings. The maximum absolute atomic E-state index is 12.0. The average molecular weight is 430 g/mol. The number of carbonyl (C=O) groups excluding carboxylic acids is 1. The Bertz CT molecular complexity index is 547. The highest BCUT2D eigenvalue weighted by Gasteiger charge is 2.17. The molecule has 1 unspecified atom stereocenters. The number of rotatable bonds is 4. The van der Waals surface area contributed by atoms with Crippen molar-refractivity contribution >= 4 is 35.8 Å². The third-order valence-corrected chi connectivity index (χ3v) is 3.93. The van der Waals surface area contributed by atoms with Gasteiger partial charge in [0.2, 0.25) is 0 Å². The minimum atomic E-state index is -0.0657. The van der Waals surface area contributed by atoms with Gasteiger partial charge in [-0.1, -0.05) is 24.6 Å². The Labute approximate surface area is 155 Å². The summed E-state index contributed by atoms with van der Waals surface area (Å²) in [6, 6.07) is 7.55. The number of hydrogen-bond donors (Lipinski definition) is 2. The van der Waals surface area contributed by atoms with Crippen molar-refractivity contribution in [1.29, 1.82) is 0 Å². The zero-order chi connectivity index (χ0) is 15.9. The second kappa shape index (κ2) is 9.75. The molecule has 2 rings (SSSR count). The molecular formula is C17H27IN4O. The van der Waals surface area contributed by atoms with E-state index in [1.54, 1.807) is 0 Å². The molecule has 5 nitrogen and oxygen atoms in total. The zero-order valence-electron chi connectivity index (χ0n) is 13.9. The molecule has 0 saturated carbocycles. The lowest BCUT2D eigenvalue weighted by molar-refractivity contribution is 0.0954. The lowest BCUT2D eigenvalue weighted by Crippen LogP contribution is -2.43. The number of hydrogen-bond acceptors (Lipinski definition) is 2. The first kappa shape index (κ1) is 19.7. The average Bonchev–Trinajstić information content (AvgIpc) is 2.51. The van der Waals surface area contributed by atoms with Crippen molar-refractivity contribution in [3.63, 3.8) is 0 Å². The molecule has 6 heteroatoms. The second-order valence-corrected chi connectivity index (χ2v) is 6.06. The first-order valence-electron chi connectivity index (χ1n) is 7.96. The van der Waals surface area contributed by atoms with Crippen LogP contribution in [0.5, 0.6) is 0 Å². The van der Waals surface area contributed by atoms with Gasteiger partial charge < -0.3 is 16.0 Å². The van der Waals surface area contributed by atoms with Crippen molar-refractivity contribution in [2.75, 3.05) is 26.2 Å². The van der Waals surface area contributed by atoms with Gasteiger partial charge in [-0.2, -0.15) is 0 Å². The van der Waals surface area contributed by atoms with Crippen LogP contribution in [-0.2, 0) is 0 Å². The standard InChI is InChI=1S/C17H26N4O.HI/c1-13-5-3-7-15(11-13)16(22)19-8-9-20-17(18)21-10-4-6-14(2)12-21;/h3,5,7,11,14H,4,6,8-10,12H2,1-2H3,(H2,18,20)(H,19,22);1H. The molecule has 1 saturated heterocycles. The lowest BCUT2D eigenvalue weighted by Gasteiger charge is -2.31. The Morgan fingerprint density at radius 2 is 2.26 bits per heavy atom. The van der Waals surface area contributed by atoms with Gasteiger partial charge in [0, 0.05) is 25.2 Å². The minimum Gasteiger partial charge on any atom is -0.370 e. The summed E-state index contributed by atoms with van der Waals surface area (Å²) in [4.78, 5) is 18.5. The molecule has 1 heterocycles. The highest BCUT2D eigenvalue weighted by atomic mass is 127. The minimum absolute atomic E-state index is 0. The number of carbonyl (C=O) groups is 1. The molecule has 1 atom stereocenters. The first-order valence-corrected chi connectivity index (χ1v) is 7.96. The van der Waals surface area contributed by atoms with Crippen LogP contribution >= 0.6 is 24.0 Å². The van der Waals surface area contributed by atoms with Crippen molar-refractivity contribution in [3.8, 4) is 0 Å². The van der Waals surface area contributed by atoms with Crippen LogP contribution in [0.2, 0.25) is 0 Å². The highest BCUT2D eigenvalue weighted by molar-refractivity contribution is 14.0. The molecule has 1 aliphatic heterocycles. The SMILES string of the molecule is Cc1cccc(C(=O)NCCN=C(N)N2CCCC(C)C2)c1.I. The number of piperidine rings is 1. The Kier molecular flexibility index (Phi) is 8.36. The summed E-state index contributed by atoms with van der Waals surface area (Å²) < 4.78 is 0. The van der Waals surface area contributed by atoms with Crippen molar-refractivity contribution in [1.82, 2.24) is 10.2 Å². The number of nitrogens with two attached hydrogens (primary N) is 1. The van der Waals surface area contributed by atoms with Gasteiger partial charge in [0.1, 0.15) is 0 Å². The number of aryl methyl sites for hydroxylation is 1. The maximum Gasteiger partial charge on any atom is 0.251 e. The third kappa shape index (κ3) is 6.37. The highest BCUT2D eigenvalue weighted by Crippen LogP contribution is 2.14. The van der Waals surface area contributed by atoms with E-state index in [2.05, 4.69) is 22.1 Å². The van der Waals surface area contributed by atoms with Crippen molar-refractivity contribution in [2.45, 2.75) is 26.7 Å². The van der Waals surface area contributed by atoms with Gasteiger partial charge in [0.05, 0.1) is 6.54 Å². The van der Waals surface area contributed by atoms with Gasteiger partial charge >= 0.3 is 0 Å². The summed E-state index contributed by atoms with van der Waals surface area (Å²) in [6.07, 6.45) is 2.43. The van der Waals surface area contributed by atoms with Crippen LogP contribution in [-0.4, -0.2) is 42.9 Å². The predicted molar refractivity (Wildman–Crippen MR) is 105 cm³/mol. The summed E-state index contributed by atoms with van der Waals surface area (Å²) >= 11 is 0. The van der Waals surface area contributed by atoms with E-state index in [0.717, 1.165) is 18.7 Å². The lowest BCUT2D eigenvalue weighted by atomic mass is 10.0. The van der Waals surface area contributed by atoms with E-state index in [0.29, 0.717) is 30.5 Å². The Morgan fingerprint density at radius 3 is 2.96 bits per heavy atom. The molecule has 23 heavy (non-hydrogen) atoms. The molecule has 1 aromatic carbocycles. The molecule has 0 aliphatic carbocycles. The number of amides is 1. The van der Waals surface area contributed by atoms with Crippen molar-refractivity contribution < 1.29 is 4.79 Å². The first-order chi connectivity index (χ1) is 10.6. The van der Waals surface area contributed by atoms with E-state index in [4.69, 9.17) is 5.73 Å². The molecule has 0 aromatic heterocycles. The van der Waals surface area contributed by atoms with E-state index < -0.39 is 0 Å². The van der Waals surface area contributed by atoms with Gasteiger partial charge in [0.25, 0.3) is 5.91 Å². The zero-order valence-corrected chi connectivity index (χ0v) is 16.2. The Balaban J connectivity index is 0.00000264. The molecule has 0 radical (unpaired) electrons.